The Hall–Kier alpha value is -1.85. The van der Waals surface area contributed by atoms with E-state index < -0.39 is 0 Å². The normalized spacial score (nSPS) is 15.5. The van der Waals surface area contributed by atoms with Crippen LogP contribution in [0.25, 0.3) is 0 Å². The Bertz CT molecular complexity index is 670. The zero-order chi connectivity index (χ0) is 16.9. The first-order valence-corrected chi connectivity index (χ1v) is 8.69. The quantitative estimate of drug-likeness (QED) is 0.899. The Morgan fingerprint density at radius 3 is 2.50 bits per heavy atom. The highest BCUT2D eigenvalue weighted by Crippen LogP contribution is 2.29. The summed E-state index contributed by atoms with van der Waals surface area (Å²) >= 11 is 6.21. The Morgan fingerprint density at radius 1 is 1.21 bits per heavy atom. The lowest BCUT2D eigenvalue weighted by molar-refractivity contribution is 0.170. The first kappa shape index (κ1) is 17.0. The molecule has 6 heteroatoms. The standard InChI is InChI=1S/C18H22ClN3O2/c1-2-13-10-20-18(21-11-13)22-7-5-15(6-8-22)24-17-4-3-14(12-23)9-16(17)19/h3-4,9-11,15,23H,2,5-8,12H2,1H3. The van der Waals surface area contributed by atoms with Gasteiger partial charge in [0.1, 0.15) is 11.9 Å². The van der Waals surface area contributed by atoms with E-state index in [9.17, 15) is 0 Å². The second-order valence-corrected chi connectivity index (χ2v) is 6.38. The molecular formula is C18H22ClN3O2. The lowest BCUT2D eigenvalue weighted by atomic mass is 10.1. The molecule has 2 heterocycles. The molecule has 0 bridgehead atoms. The molecule has 0 unspecified atom stereocenters. The van der Waals surface area contributed by atoms with Gasteiger partial charge in [0.15, 0.2) is 0 Å². The summed E-state index contributed by atoms with van der Waals surface area (Å²) in [6, 6.07) is 5.40. The van der Waals surface area contributed by atoms with E-state index >= 15 is 0 Å². The fourth-order valence-corrected chi connectivity index (χ4v) is 3.03. The van der Waals surface area contributed by atoms with Gasteiger partial charge in [-0.15, -0.1) is 0 Å². The number of halogens is 1. The Kier molecular flexibility index (Phi) is 5.53. The molecule has 24 heavy (non-hydrogen) atoms. The van der Waals surface area contributed by atoms with E-state index in [1.54, 1.807) is 6.07 Å². The van der Waals surface area contributed by atoms with Crippen molar-refractivity contribution in [1.82, 2.24) is 9.97 Å². The van der Waals surface area contributed by atoms with Gasteiger partial charge in [-0.1, -0.05) is 24.6 Å². The molecule has 1 saturated heterocycles. The lowest BCUT2D eigenvalue weighted by Gasteiger charge is -2.32. The molecular weight excluding hydrogens is 326 g/mol. The van der Waals surface area contributed by atoms with E-state index in [-0.39, 0.29) is 12.7 Å². The number of hydrogen-bond acceptors (Lipinski definition) is 5. The summed E-state index contributed by atoms with van der Waals surface area (Å²) in [6.45, 7) is 3.81. The number of hydrogen-bond donors (Lipinski definition) is 1. The summed E-state index contributed by atoms with van der Waals surface area (Å²) in [5, 5.41) is 9.67. The number of aliphatic hydroxyl groups excluding tert-OH is 1. The first-order valence-electron chi connectivity index (χ1n) is 8.31. The van der Waals surface area contributed by atoms with Crippen molar-refractivity contribution in [3.05, 3.63) is 46.7 Å². The van der Waals surface area contributed by atoms with Crippen molar-refractivity contribution in [3.8, 4) is 5.75 Å². The van der Waals surface area contributed by atoms with Crippen LogP contribution in [0.2, 0.25) is 5.02 Å². The molecule has 1 fully saturated rings. The summed E-state index contributed by atoms with van der Waals surface area (Å²) in [7, 11) is 0. The van der Waals surface area contributed by atoms with Gasteiger partial charge in [-0.25, -0.2) is 9.97 Å². The molecule has 0 radical (unpaired) electrons. The highest BCUT2D eigenvalue weighted by atomic mass is 35.5. The van der Waals surface area contributed by atoms with Gasteiger partial charge in [0.25, 0.3) is 0 Å². The van der Waals surface area contributed by atoms with Gasteiger partial charge in [0.2, 0.25) is 5.95 Å². The predicted molar refractivity (Wildman–Crippen MR) is 94.6 cm³/mol. The molecule has 1 aliphatic rings. The second kappa shape index (κ2) is 7.81. The van der Waals surface area contributed by atoms with Gasteiger partial charge in [-0.2, -0.15) is 0 Å². The minimum atomic E-state index is -0.0186. The molecule has 0 aliphatic carbocycles. The summed E-state index contributed by atoms with van der Waals surface area (Å²) in [6.07, 6.45) is 6.68. The van der Waals surface area contributed by atoms with Crippen LogP contribution in [0.4, 0.5) is 5.95 Å². The average Bonchev–Trinajstić information content (AvgIpc) is 2.64. The van der Waals surface area contributed by atoms with Crippen LogP contribution in [-0.4, -0.2) is 34.3 Å². The van der Waals surface area contributed by atoms with Crippen LogP contribution in [0, 0.1) is 0 Å². The molecule has 0 atom stereocenters. The van der Waals surface area contributed by atoms with Crippen molar-refractivity contribution in [2.24, 2.45) is 0 Å². The van der Waals surface area contributed by atoms with E-state index in [2.05, 4.69) is 21.8 Å². The third-order valence-corrected chi connectivity index (χ3v) is 4.59. The van der Waals surface area contributed by atoms with Crippen molar-refractivity contribution in [2.75, 3.05) is 18.0 Å². The summed E-state index contributed by atoms with van der Waals surface area (Å²) in [5.41, 5.74) is 1.94. The molecule has 5 nitrogen and oxygen atoms in total. The van der Waals surface area contributed by atoms with E-state index in [0.717, 1.165) is 49.4 Å². The smallest absolute Gasteiger partial charge is 0.225 e. The topological polar surface area (TPSA) is 58.5 Å². The molecule has 128 valence electrons. The number of ether oxygens (including phenoxy) is 1. The van der Waals surface area contributed by atoms with Gasteiger partial charge < -0.3 is 14.7 Å². The van der Waals surface area contributed by atoms with Gasteiger partial charge >= 0.3 is 0 Å². The molecule has 2 aromatic rings. The Balaban J connectivity index is 1.56. The van der Waals surface area contributed by atoms with Crippen LogP contribution in [0.5, 0.6) is 5.75 Å². The maximum Gasteiger partial charge on any atom is 0.225 e. The van der Waals surface area contributed by atoms with Crippen molar-refractivity contribution >= 4 is 17.5 Å². The molecule has 1 N–H and O–H groups in total. The molecule has 0 saturated carbocycles. The highest BCUT2D eigenvalue weighted by molar-refractivity contribution is 6.32. The third-order valence-electron chi connectivity index (χ3n) is 4.30. The van der Waals surface area contributed by atoms with Gasteiger partial charge in [0, 0.05) is 38.3 Å². The largest absolute Gasteiger partial charge is 0.489 e. The number of rotatable bonds is 5. The molecule has 1 aromatic heterocycles. The number of piperidine rings is 1. The number of benzene rings is 1. The predicted octanol–water partition coefficient (Wildman–Crippen LogP) is 3.23. The van der Waals surface area contributed by atoms with Gasteiger partial charge in [0.05, 0.1) is 11.6 Å². The fraction of sp³-hybridized carbons (Fsp3) is 0.444. The van der Waals surface area contributed by atoms with Crippen LogP contribution in [0.1, 0.15) is 30.9 Å². The fourth-order valence-electron chi connectivity index (χ4n) is 2.79. The summed E-state index contributed by atoms with van der Waals surface area (Å²) in [5.74, 6) is 1.46. The van der Waals surface area contributed by atoms with Crippen LogP contribution >= 0.6 is 11.6 Å². The highest BCUT2D eigenvalue weighted by Gasteiger charge is 2.22. The van der Waals surface area contributed by atoms with Crippen LogP contribution in [-0.2, 0) is 13.0 Å². The van der Waals surface area contributed by atoms with Crippen molar-refractivity contribution in [2.45, 2.75) is 38.9 Å². The van der Waals surface area contributed by atoms with Gasteiger partial charge in [-0.3, -0.25) is 0 Å². The monoisotopic (exact) mass is 347 g/mol. The molecule has 1 aliphatic heterocycles. The maximum absolute atomic E-state index is 9.13. The van der Waals surface area contributed by atoms with Crippen molar-refractivity contribution in [3.63, 3.8) is 0 Å². The number of anilines is 1. The summed E-state index contributed by atoms with van der Waals surface area (Å²) in [4.78, 5) is 11.1. The number of aromatic nitrogens is 2. The lowest BCUT2D eigenvalue weighted by Crippen LogP contribution is -2.39. The van der Waals surface area contributed by atoms with E-state index in [4.69, 9.17) is 21.4 Å². The third kappa shape index (κ3) is 3.97. The number of aryl methyl sites for hydroxylation is 1. The van der Waals surface area contributed by atoms with Crippen molar-refractivity contribution in [1.29, 1.82) is 0 Å². The van der Waals surface area contributed by atoms with Crippen LogP contribution in [0.3, 0.4) is 0 Å². The summed E-state index contributed by atoms with van der Waals surface area (Å²) < 4.78 is 6.03. The van der Waals surface area contributed by atoms with E-state index in [1.165, 1.54) is 0 Å². The average molecular weight is 348 g/mol. The minimum absolute atomic E-state index is 0.0186. The second-order valence-electron chi connectivity index (χ2n) is 5.97. The SMILES string of the molecule is CCc1cnc(N2CCC(Oc3ccc(CO)cc3Cl)CC2)nc1. The molecule has 1 aromatic carbocycles. The van der Waals surface area contributed by atoms with Gasteiger partial charge in [-0.05, 0) is 29.7 Å². The van der Waals surface area contributed by atoms with Crippen LogP contribution < -0.4 is 9.64 Å². The minimum Gasteiger partial charge on any atom is -0.489 e. The Morgan fingerprint density at radius 2 is 1.92 bits per heavy atom. The first-order chi connectivity index (χ1) is 11.7. The molecule has 3 rings (SSSR count). The van der Waals surface area contributed by atoms with Crippen LogP contribution in [0.15, 0.2) is 30.6 Å². The number of aliphatic hydroxyl groups is 1. The molecule has 0 spiro atoms. The van der Waals surface area contributed by atoms with E-state index in [1.807, 2.05) is 24.5 Å². The van der Waals surface area contributed by atoms with E-state index in [0.29, 0.717) is 10.8 Å². The van der Waals surface area contributed by atoms with Crippen molar-refractivity contribution < 1.29 is 9.84 Å². The maximum atomic E-state index is 9.13. The zero-order valence-corrected chi connectivity index (χ0v) is 14.5. The Labute approximate surface area is 147 Å². The zero-order valence-electron chi connectivity index (χ0n) is 13.8. The number of nitrogens with zero attached hydrogens (tertiary/aromatic N) is 3. The molecule has 0 amide bonds.